The number of benzene rings is 2. The Hall–Kier alpha value is -11.0. The fraction of sp³-hybridized carbons (Fsp3) is 0.632. The van der Waals surface area contributed by atoms with Gasteiger partial charge in [0, 0.05) is 32.6 Å². The maximum absolute atomic E-state index is 15.1. The van der Waals surface area contributed by atoms with Crippen LogP contribution in [0.1, 0.15) is 169 Å². The van der Waals surface area contributed by atoms with Gasteiger partial charge in [-0.1, -0.05) is 90.4 Å². The van der Waals surface area contributed by atoms with Gasteiger partial charge in [0.2, 0.25) is 70.9 Å². The molecule has 31 N–H and O–H groups in total. The molecule has 115 heavy (non-hydrogen) atoms. The molecule has 12 amide bonds. The number of nitrogens with one attached hydrogen (secondary N) is 11. The van der Waals surface area contributed by atoms with Crippen molar-refractivity contribution >= 4 is 94.7 Å². The lowest BCUT2D eigenvalue weighted by Crippen LogP contribution is -2.61. The molecule has 1 aliphatic rings. The summed E-state index contributed by atoms with van der Waals surface area (Å²) in [6.07, 6.45) is 2.65. The number of aliphatic imine (C=N–C) groups is 3. The molecule has 0 aliphatic carbocycles. The molecule has 39 nitrogen and oxygen atoms in total. The van der Waals surface area contributed by atoms with Gasteiger partial charge in [-0.2, -0.15) is 0 Å². The van der Waals surface area contributed by atoms with Gasteiger partial charge < -0.3 is 125 Å². The molecule has 2 aromatic rings. The monoisotopic (exact) mass is 1620 g/mol. The SMILES string of the molecule is CC[C@H](C)[C@H](NC(=O)[C@H](CCCN=C(N)N)NC(=O)[C@H](CCCN=C(N)N)NC(=O)[C@H](CC(C)C)NC(=O)[C@H](Cc1ccccc1)NC(=O)CNC(=O)[C@@H](C)NC(=O)[C@@H](N)Cc1ccc(O)cc1)C(=O)N[C@@H](CCCN=C(N)N)C(=O)N1CCC[C@H]1C(=O)N[C@@H](CCCCN)C(=O)N[C@@H](CC(C)C)C(=O)N[C@@H](CCCCN)C(=O)O. The first-order chi connectivity index (χ1) is 54.5. The van der Waals surface area contributed by atoms with Crippen LogP contribution >= 0.6 is 0 Å². The van der Waals surface area contributed by atoms with Crippen LogP contribution in [-0.2, 0) is 75.2 Å². The van der Waals surface area contributed by atoms with Crippen LogP contribution in [0.3, 0.4) is 0 Å². The molecule has 0 saturated carbocycles. The van der Waals surface area contributed by atoms with Gasteiger partial charge in [0.25, 0.3) is 0 Å². The number of hydrogen-bond acceptors (Lipinski definition) is 20. The zero-order chi connectivity index (χ0) is 85.9. The number of guanidine groups is 3. The second-order valence-corrected chi connectivity index (χ2v) is 29.7. The molecule has 2 aromatic carbocycles. The predicted octanol–water partition coefficient (Wildman–Crippen LogP) is -3.88. The van der Waals surface area contributed by atoms with Crippen molar-refractivity contribution in [3.05, 3.63) is 65.7 Å². The first kappa shape index (κ1) is 98.2. The fourth-order valence-electron chi connectivity index (χ4n) is 12.6. The average molecular weight is 1620 g/mol. The number of aliphatic carboxylic acids is 1. The number of unbranched alkanes of at least 4 members (excludes halogenated alkanes) is 2. The van der Waals surface area contributed by atoms with Crippen LogP contribution in [-0.4, -0.2) is 228 Å². The molecule has 13 atom stereocenters. The van der Waals surface area contributed by atoms with E-state index in [0.717, 1.165) is 0 Å². The number of carboxylic acids is 1. The van der Waals surface area contributed by atoms with Gasteiger partial charge >= 0.3 is 5.97 Å². The van der Waals surface area contributed by atoms with Crippen molar-refractivity contribution in [2.75, 3.05) is 45.8 Å². The third-order valence-electron chi connectivity index (χ3n) is 19.0. The van der Waals surface area contributed by atoms with E-state index in [1.165, 1.54) is 24.0 Å². The Bertz CT molecular complexity index is 3560. The number of phenolic OH excluding ortho intramolecular Hbond substituents is 1. The van der Waals surface area contributed by atoms with E-state index in [1.54, 1.807) is 70.2 Å². The molecular formula is C76H128N24O15. The van der Waals surface area contributed by atoms with Crippen molar-refractivity contribution in [2.24, 2.45) is 84.3 Å². The van der Waals surface area contributed by atoms with Gasteiger partial charge in [-0.25, -0.2) is 4.79 Å². The minimum atomic E-state index is -1.49. The minimum absolute atomic E-state index is 0.00688. The van der Waals surface area contributed by atoms with Crippen LogP contribution in [0.4, 0.5) is 0 Å². The number of likely N-dealkylation sites (tertiary alicyclic amines) is 1. The highest BCUT2D eigenvalue weighted by Gasteiger charge is 2.42. The number of carbonyl (C=O) groups excluding carboxylic acids is 12. The topological polar surface area (TPSA) is 669 Å². The Morgan fingerprint density at radius 1 is 0.470 bits per heavy atom. The summed E-state index contributed by atoms with van der Waals surface area (Å²) in [6, 6.07) is -0.928. The maximum atomic E-state index is 15.1. The third kappa shape index (κ3) is 37.7. The molecule has 642 valence electrons. The lowest BCUT2D eigenvalue weighted by molar-refractivity contribution is -0.143. The summed E-state index contributed by atoms with van der Waals surface area (Å²) in [7, 11) is 0. The van der Waals surface area contributed by atoms with Crippen molar-refractivity contribution in [1.82, 2.24) is 63.4 Å². The van der Waals surface area contributed by atoms with E-state index in [4.69, 9.17) is 51.6 Å². The summed E-state index contributed by atoms with van der Waals surface area (Å²) in [4.78, 5) is 197. The van der Waals surface area contributed by atoms with Crippen LogP contribution in [0.2, 0.25) is 0 Å². The number of hydrogen-bond donors (Lipinski definition) is 22. The molecule has 1 aliphatic heterocycles. The Balaban J connectivity index is 1.98. The first-order valence-electron chi connectivity index (χ1n) is 39.5. The van der Waals surface area contributed by atoms with Crippen LogP contribution in [0, 0.1) is 17.8 Å². The normalized spacial score (nSPS) is 15.6. The van der Waals surface area contributed by atoms with E-state index in [9.17, 15) is 67.7 Å². The number of carbonyl (C=O) groups is 13. The van der Waals surface area contributed by atoms with Crippen molar-refractivity contribution in [3.63, 3.8) is 0 Å². The number of aromatic hydroxyl groups is 1. The van der Waals surface area contributed by atoms with Crippen LogP contribution in [0.5, 0.6) is 5.75 Å². The fourth-order valence-corrected chi connectivity index (χ4v) is 12.6. The number of nitrogens with zero attached hydrogens (tertiary/aromatic N) is 4. The van der Waals surface area contributed by atoms with Crippen LogP contribution in [0.25, 0.3) is 0 Å². The minimum Gasteiger partial charge on any atom is -0.508 e. The summed E-state index contributed by atoms with van der Waals surface area (Å²) < 4.78 is 0. The van der Waals surface area contributed by atoms with Gasteiger partial charge in [0.05, 0.1) is 12.6 Å². The number of phenols is 1. The number of nitrogens with two attached hydrogens (primary N) is 9. The molecule has 0 spiro atoms. The smallest absolute Gasteiger partial charge is 0.326 e. The standard InChI is InChI=1S/C76H128N24O15/c1-8-45(6)61(71(112)95-54(26-18-36-88-76(84)85)72(113)100-37-19-27-59(100)70(111)94-51(22-12-14-32-77)65(106)97-57(39-44(4)5)68(109)96-55(73(114)115)23-13-15-33-78)99-66(107)53(25-17-35-87-75(82)83)92-64(105)52(24-16-34-86-74(80)81)93-67(108)56(38-43(2)3)98-69(110)58(41-47-20-10-9-11-21-47)91-60(102)42-89-62(103)46(7)90-63(104)50(79)40-48-28-30-49(101)31-29-48/h9-11,20-21,28-31,43-46,50-59,61,101H,8,12-19,22-27,32-42,77-79H2,1-7H3,(H,89,103)(H,90,104)(H,91,102)(H,92,105)(H,93,108)(H,94,111)(H,95,112)(H,96,109)(H,97,106)(H,98,110)(H,99,107)(H,114,115)(H4,80,81,86)(H4,82,83,87)(H4,84,85,88)/t45-,46+,50-,51-,52-,53-,54-,55-,56-,57-,58-,59-,61-/m0/s1. The highest BCUT2D eigenvalue weighted by atomic mass is 16.4. The Kier molecular flexibility index (Phi) is 44.8. The highest BCUT2D eigenvalue weighted by molar-refractivity contribution is 6.00. The summed E-state index contributed by atoms with van der Waals surface area (Å²) in [6.45, 7) is 11.9. The van der Waals surface area contributed by atoms with Gasteiger partial charge in [-0.3, -0.25) is 72.5 Å². The van der Waals surface area contributed by atoms with Gasteiger partial charge in [-0.15, -0.1) is 0 Å². The average Bonchev–Trinajstić information content (AvgIpc) is 1.73. The molecule has 3 rings (SSSR count). The largest absolute Gasteiger partial charge is 0.508 e. The first-order valence-corrected chi connectivity index (χ1v) is 39.5. The van der Waals surface area contributed by atoms with Gasteiger partial charge in [0.15, 0.2) is 17.9 Å². The highest BCUT2D eigenvalue weighted by Crippen LogP contribution is 2.23. The zero-order valence-electron chi connectivity index (χ0n) is 67.4. The van der Waals surface area contributed by atoms with E-state index in [-0.39, 0.29) is 158 Å². The van der Waals surface area contributed by atoms with Crippen LogP contribution in [0.15, 0.2) is 69.6 Å². The Morgan fingerprint density at radius 3 is 1.37 bits per heavy atom. The summed E-state index contributed by atoms with van der Waals surface area (Å²) >= 11 is 0. The molecule has 1 fully saturated rings. The summed E-state index contributed by atoms with van der Waals surface area (Å²) in [5, 5.41) is 49.0. The molecule has 39 heteroatoms. The maximum Gasteiger partial charge on any atom is 0.326 e. The van der Waals surface area contributed by atoms with E-state index in [2.05, 4.69) is 73.5 Å². The van der Waals surface area contributed by atoms with Crippen LogP contribution < -0.4 is 110 Å². The second-order valence-electron chi connectivity index (χ2n) is 29.7. The van der Waals surface area contributed by atoms with E-state index in [1.807, 2.05) is 13.8 Å². The van der Waals surface area contributed by atoms with E-state index >= 15 is 4.79 Å². The molecular weight excluding hydrogens is 1490 g/mol. The Morgan fingerprint density at radius 2 is 0.896 bits per heavy atom. The number of rotatable bonds is 54. The predicted molar refractivity (Wildman–Crippen MR) is 434 cm³/mol. The molecule has 0 unspecified atom stereocenters. The van der Waals surface area contributed by atoms with Crippen molar-refractivity contribution < 1.29 is 72.5 Å². The third-order valence-corrected chi connectivity index (χ3v) is 19.0. The molecule has 1 saturated heterocycles. The van der Waals surface area contributed by atoms with E-state index < -0.39 is 162 Å². The molecule has 0 aromatic heterocycles. The second kappa shape index (κ2) is 52.4. The quantitative estimate of drug-likeness (QED) is 0.0171. The summed E-state index contributed by atoms with van der Waals surface area (Å²) in [5.74, 6) is -12.5. The number of amides is 12. The lowest BCUT2D eigenvalue weighted by atomic mass is 9.96. The number of carboxylic acid groups (broad SMARTS) is 1. The molecule has 0 bridgehead atoms. The van der Waals surface area contributed by atoms with Crippen molar-refractivity contribution in [1.29, 1.82) is 0 Å². The van der Waals surface area contributed by atoms with Crippen molar-refractivity contribution in [2.45, 2.75) is 243 Å². The summed E-state index contributed by atoms with van der Waals surface area (Å²) in [5.41, 5.74) is 52.7. The van der Waals surface area contributed by atoms with Gasteiger partial charge in [0.1, 0.15) is 72.2 Å². The lowest BCUT2D eigenvalue weighted by Gasteiger charge is -2.32. The van der Waals surface area contributed by atoms with Crippen molar-refractivity contribution in [3.8, 4) is 5.75 Å². The Labute approximate surface area is 672 Å². The van der Waals surface area contributed by atoms with E-state index in [0.29, 0.717) is 49.8 Å². The molecule has 0 radical (unpaired) electrons. The molecule has 1 heterocycles. The van der Waals surface area contributed by atoms with Gasteiger partial charge in [-0.05, 0) is 170 Å². The zero-order valence-corrected chi connectivity index (χ0v) is 67.4.